The lowest BCUT2D eigenvalue weighted by molar-refractivity contribution is 0.326. The van der Waals surface area contributed by atoms with Gasteiger partial charge in [-0.15, -0.1) is 0 Å². The fourth-order valence-corrected chi connectivity index (χ4v) is 1.08. The van der Waals surface area contributed by atoms with Gasteiger partial charge in [0, 0.05) is 18.8 Å². The highest BCUT2D eigenvalue weighted by Gasteiger charge is 2.06. The first-order valence-corrected chi connectivity index (χ1v) is 4.90. The van der Waals surface area contributed by atoms with E-state index in [0.29, 0.717) is 11.7 Å². The Balaban J connectivity index is 2.62. The van der Waals surface area contributed by atoms with E-state index in [1.54, 1.807) is 6.20 Å². The first-order valence-electron chi connectivity index (χ1n) is 4.90. The van der Waals surface area contributed by atoms with Crippen molar-refractivity contribution in [1.29, 1.82) is 5.26 Å². The molecule has 1 atom stereocenters. The molecule has 0 saturated heterocycles. The summed E-state index contributed by atoms with van der Waals surface area (Å²) in [5, 5.41) is 12.0. The Labute approximate surface area is 90.5 Å². The van der Waals surface area contributed by atoms with Gasteiger partial charge in [-0.25, -0.2) is 4.98 Å². The van der Waals surface area contributed by atoms with Crippen LogP contribution in [0.25, 0.3) is 0 Å². The van der Waals surface area contributed by atoms with Gasteiger partial charge >= 0.3 is 0 Å². The number of nitrogens with zero attached hydrogens (tertiary/aromatic N) is 3. The molecule has 0 bridgehead atoms. The number of nitrogens with one attached hydrogen (secondary N) is 1. The number of nitriles is 1. The van der Waals surface area contributed by atoms with Crippen LogP contribution < -0.4 is 5.32 Å². The third kappa shape index (κ3) is 3.22. The van der Waals surface area contributed by atoms with E-state index in [0.717, 1.165) is 12.2 Å². The summed E-state index contributed by atoms with van der Waals surface area (Å²) in [5.41, 5.74) is 1.25. The molecule has 1 N–H and O–H groups in total. The minimum absolute atomic E-state index is 0.414. The molecule has 0 aliphatic carbocycles. The lowest BCUT2D eigenvalue weighted by Gasteiger charge is -2.20. The van der Waals surface area contributed by atoms with Gasteiger partial charge in [0.1, 0.15) is 6.07 Å². The SMILES string of the molecule is CC(CNc1cccnc1C#N)N(C)C. The van der Waals surface area contributed by atoms with Crippen molar-refractivity contribution in [2.75, 3.05) is 26.0 Å². The van der Waals surface area contributed by atoms with E-state index in [2.05, 4.69) is 28.2 Å². The number of anilines is 1. The second-order valence-corrected chi connectivity index (χ2v) is 3.70. The first-order chi connectivity index (χ1) is 7.15. The zero-order chi connectivity index (χ0) is 11.3. The molecule has 1 unspecified atom stereocenters. The second kappa shape index (κ2) is 5.32. The number of hydrogen-bond acceptors (Lipinski definition) is 4. The maximum atomic E-state index is 8.83. The smallest absolute Gasteiger partial charge is 0.163 e. The lowest BCUT2D eigenvalue weighted by atomic mass is 10.2. The number of aromatic nitrogens is 1. The van der Waals surface area contributed by atoms with Crippen molar-refractivity contribution in [2.24, 2.45) is 0 Å². The summed E-state index contributed by atoms with van der Waals surface area (Å²) in [6, 6.07) is 6.17. The van der Waals surface area contributed by atoms with Gasteiger partial charge < -0.3 is 10.2 Å². The van der Waals surface area contributed by atoms with Crippen molar-refractivity contribution in [3.05, 3.63) is 24.0 Å². The zero-order valence-corrected chi connectivity index (χ0v) is 9.36. The second-order valence-electron chi connectivity index (χ2n) is 3.70. The summed E-state index contributed by atoms with van der Waals surface area (Å²) >= 11 is 0. The summed E-state index contributed by atoms with van der Waals surface area (Å²) < 4.78 is 0. The molecule has 1 aromatic rings. The van der Waals surface area contributed by atoms with Gasteiger partial charge in [-0.2, -0.15) is 5.26 Å². The standard InChI is InChI=1S/C11H16N4/c1-9(15(2)3)8-14-10-5-4-6-13-11(10)7-12/h4-6,9,14H,8H2,1-3H3. The van der Waals surface area contributed by atoms with Crippen molar-refractivity contribution in [2.45, 2.75) is 13.0 Å². The van der Waals surface area contributed by atoms with Crippen LogP contribution in [0.2, 0.25) is 0 Å². The Morgan fingerprint density at radius 1 is 1.60 bits per heavy atom. The van der Waals surface area contributed by atoms with Crippen molar-refractivity contribution >= 4 is 5.69 Å². The Kier molecular flexibility index (Phi) is 4.07. The molecule has 0 aromatic carbocycles. The molecule has 4 heteroatoms. The van der Waals surface area contributed by atoms with Crippen LogP contribution in [-0.4, -0.2) is 36.6 Å². The van der Waals surface area contributed by atoms with Crippen LogP contribution in [0.5, 0.6) is 0 Å². The molecule has 0 spiro atoms. The van der Waals surface area contributed by atoms with E-state index in [-0.39, 0.29) is 0 Å². The van der Waals surface area contributed by atoms with E-state index in [1.165, 1.54) is 0 Å². The van der Waals surface area contributed by atoms with E-state index in [4.69, 9.17) is 5.26 Å². The molecule has 0 aliphatic heterocycles. The van der Waals surface area contributed by atoms with Crippen LogP contribution in [0, 0.1) is 11.3 Å². The normalized spacial score (nSPS) is 12.2. The van der Waals surface area contributed by atoms with E-state index in [1.807, 2.05) is 26.2 Å². The zero-order valence-electron chi connectivity index (χ0n) is 9.36. The van der Waals surface area contributed by atoms with Crippen LogP contribution in [0.15, 0.2) is 18.3 Å². The Bertz CT molecular complexity index is 354. The van der Waals surface area contributed by atoms with Gasteiger partial charge in [-0.05, 0) is 33.2 Å². The minimum atomic E-state index is 0.414. The minimum Gasteiger partial charge on any atom is -0.381 e. The van der Waals surface area contributed by atoms with Gasteiger partial charge in [0.05, 0.1) is 5.69 Å². The largest absolute Gasteiger partial charge is 0.381 e. The van der Waals surface area contributed by atoms with Crippen LogP contribution >= 0.6 is 0 Å². The molecule has 0 aliphatic rings. The molecule has 1 rings (SSSR count). The number of likely N-dealkylation sites (N-methyl/N-ethyl adjacent to an activating group) is 1. The Hall–Kier alpha value is -1.60. The van der Waals surface area contributed by atoms with Crippen LogP contribution in [0.3, 0.4) is 0 Å². The fourth-order valence-electron chi connectivity index (χ4n) is 1.08. The summed E-state index contributed by atoms with van der Waals surface area (Å²) in [7, 11) is 4.06. The van der Waals surface area contributed by atoms with Crippen LogP contribution in [-0.2, 0) is 0 Å². The number of rotatable bonds is 4. The highest BCUT2D eigenvalue weighted by Crippen LogP contribution is 2.10. The molecule has 0 saturated carbocycles. The maximum absolute atomic E-state index is 8.83. The Morgan fingerprint density at radius 3 is 2.93 bits per heavy atom. The van der Waals surface area contributed by atoms with Crippen LogP contribution in [0.4, 0.5) is 5.69 Å². The predicted molar refractivity (Wildman–Crippen MR) is 60.6 cm³/mol. The molecule has 0 radical (unpaired) electrons. The average Bonchev–Trinajstić information content (AvgIpc) is 2.26. The maximum Gasteiger partial charge on any atom is 0.163 e. The van der Waals surface area contributed by atoms with Gasteiger partial charge in [0.25, 0.3) is 0 Å². The summed E-state index contributed by atoms with van der Waals surface area (Å²) in [6.07, 6.45) is 1.62. The molecule has 4 nitrogen and oxygen atoms in total. The average molecular weight is 204 g/mol. The first kappa shape index (κ1) is 11.5. The van der Waals surface area contributed by atoms with Crippen molar-refractivity contribution in [3.8, 4) is 6.07 Å². The highest BCUT2D eigenvalue weighted by atomic mass is 15.1. The van der Waals surface area contributed by atoms with Crippen molar-refractivity contribution in [1.82, 2.24) is 9.88 Å². The van der Waals surface area contributed by atoms with Crippen molar-refractivity contribution < 1.29 is 0 Å². The Morgan fingerprint density at radius 2 is 2.33 bits per heavy atom. The fraction of sp³-hybridized carbons (Fsp3) is 0.455. The van der Waals surface area contributed by atoms with Gasteiger partial charge in [-0.1, -0.05) is 0 Å². The quantitative estimate of drug-likeness (QED) is 0.803. The highest BCUT2D eigenvalue weighted by molar-refractivity contribution is 5.53. The van der Waals surface area contributed by atoms with Crippen molar-refractivity contribution in [3.63, 3.8) is 0 Å². The van der Waals surface area contributed by atoms with Crippen LogP contribution in [0.1, 0.15) is 12.6 Å². The number of hydrogen-bond donors (Lipinski definition) is 1. The summed E-state index contributed by atoms with van der Waals surface area (Å²) in [4.78, 5) is 6.10. The topological polar surface area (TPSA) is 52.0 Å². The summed E-state index contributed by atoms with van der Waals surface area (Å²) in [6.45, 7) is 2.92. The molecule has 0 amide bonds. The predicted octanol–water partition coefficient (Wildman–Crippen LogP) is 1.32. The van der Waals surface area contributed by atoms with Gasteiger partial charge in [0.2, 0.25) is 0 Å². The van der Waals surface area contributed by atoms with E-state index < -0.39 is 0 Å². The molecule has 15 heavy (non-hydrogen) atoms. The van der Waals surface area contributed by atoms with Gasteiger partial charge in [-0.3, -0.25) is 0 Å². The summed E-state index contributed by atoms with van der Waals surface area (Å²) in [5.74, 6) is 0. The van der Waals surface area contributed by atoms with Gasteiger partial charge in [0.15, 0.2) is 5.69 Å². The lowest BCUT2D eigenvalue weighted by Crippen LogP contribution is -2.31. The third-order valence-corrected chi connectivity index (χ3v) is 2.38. The molecular weight excluding hydrogens is 188 g/mol. The third-order valence-electron chi connectivity index (χ3n) is 2.38. The molecule has 1 aromatic heterocycles. The molecule has 0 fully saturated rings. The monoisotopic (exact) mass is 204 g/mol. The molecular formula is C11H16N4. The number of pyridine rings is 1. The van der Waals surface area contributed by atoms with E-state index >= 15 is 0 Å². The molecule has 1 heterocycles. The van der Waals surface area contributed by atoms with E-state index in [9.17, 15) is 0 Å². The molecule has 80 valence electrons.